The number of hydrogen-bond acceptors (Lipinski definition) is 5. The number of thiophene rings is 1. The van der Waals surface area contributed by atoms with E-state index in [1.54, 1.807) is 0 Å². The number of rotatable bonds is 6. The summed E-state index contributed by atoms with van der Waals surface area (Å²) >= 11 is 1.53. The van der Waals surface area contributed by atoms with Crippen molar-refractivity contribution in [3.8, 4) is 0 Å². The molecule has 0 unspecified atom stereocenters. The third kappa shape index (κ3) is 4.59. The van der Waals surface area contributed by atoms with Gasteiger partial charge in [-0.05, 0) is 17.9 Å². The van der Waals surface area contributed by atoms with Crippen molar-refractivity contribution in [2.24, 2.45) is 0 Å². The van der Waals surface area contributed by atoms with Gasteiger partial charge in [0.15, 0.2) is 0 Å². The molecule has 0 saturated carbocycles. The van der Waals surface area contributed by atoms with Crippen molar-refractivity contribution in [2.45, 2.75) is 25.0 Å². The second kappa shape index (κ2) is 7.37. The molecule has 1 aliphatic rings. The minimum atomic E-state index is -1.01. The SMILES string of the molecule is O=C(O)CO[C@H]1CCOC[C@H]1NC(=O)Cc1cccs1. The molecule has 2 rings (SSSR count). The van der Waals surface area contributed by atoms with Gasteiger partial charge in [0, 0.05) is 11.5 Å². The lowest BCUT2D eigenvalue weighted by atomic mass is 10.1. The summed E-state index contributed by atoms with van der Waals surface area (Å²) in [6.45, 7) is 0.504. The van der Waals surface area contributed by atoms with Crippen LogP contribution in [0.5, 0.6) is 0 Å². The summed E-state index contributed by atoms with van der Waals surface area (Å²) in [5, 5.41) is 13.4. The lowest BCUT2D eigenvalue weighted by Crippen LogP contribution is -2.51. The van der Waals surface area contributed by atoms with E-state index in [1.165, 1.54) is 11.3 Å². The Morgan fingerprint density at radius 2 is 2.40 bits per heavy atom. The van der Waals surface area contributed by atoms with Crippen molar-refractivity contribution >= 4 is 23.2 Å². The van der Waals surface area contributed by atoms with Crippen LogP contribution in [0.3, 0.4) is 0 Å². The largest absolute Gasteiger partial charge is 0.480 e. The molecule has 2 atom stereocenters. The predicted molar refractivity (Wildman–Crippen MR) is 72.8 cm³/mol. The Morgan fingerprint density at radius 3 is 3.10 bits per heavy atom. The molecule has 1 fully saturated rings. The molecule has 0 aliphatic carbocycles. The minimum absolute atomic E-state index is 0.105. The smallest absolute Gasteiger partial charge is 0.329 e. The van der Waals surface area contributed by atoms with Crippen molar-refractivity contribution in [3.05, 3.63) is 22.4 Å². The molecule has 1 saturated heterocycles. The number of carbonyl (C=O) groups is 2. The highest BCUT2D eigenvalue weighted by Gasteiger charge is 2.28. The quantitative estimate of drug-likeness (QED) is 0.806. The van der Waals surface area contributed by atoms with Crippen molar-refractivity contribution in [3.63, 3.8) is 0 Å². The van der Waals surface area contributed by atoms with E-state index < -0.39 is 5.97 Å². The number of nitrogens with one attached hydrogen (secondary N) is 1. The fourth-order valence-corrected chi connectivity index (χ4v) is 2.76. The topological polar surface area (TPSA) is 84.9 Å². The van der Waals surface area contributed by atoms with Gasteiger partial charge in [0.25, 0.3) is 0 Å². The van der Waals surface area contributed by atoms with E-state index >= 15 is 0 Å². The van der Waals surface area contributed by atoms with Crippen molar-refractivity contribution in [2.75, 3.05) is 19.8 Å². The van der Waals surface area contributed by atoms with Crippen LogP contribution < -0.4 is 5.32 Å². The number of ether oxygens (including phenoxy) is 2. The Balaban J connectivity index is 1.84. The zero-order valence-electron chi connectivity index (χ0n) is 10.9. The van der Waals surface area contributed by atoms with Gasteiger partial charge in [0.2, 0.25) is 5.91 Å². The van der Waals surface area contributed by atoms with E-state index in [4.69, 9.17) is 14.6 Å². The molecule has 7 heteroatoms. The first-order valence-corrected chi connectivity index (χ1v) is 7.26. The second-order valence-electron chi connectivity index (χ2n) is 4.54. The Morgan fingerprint density at radius 1 is 1.55 bits per heavy atom. The number of amides is 1. The van der Waals surface area contributed by atoms with Gasteiger partial charge in [-0.25, -0.2) is 4.79 Å². The number of carbonyl (C=O) groups excluding carboxylic acids is 1. The molecule has 6 nitrogen and oxygen atoms in total. The van der Waals surface area contributed by atoms with E-state index in [0.717, 1.165) is 4.88 Å². The molecule has 0 spiro atoms. The predicted octanol–water partition coefficient (Wildman–Crippen LogP) is 0.666. The lowest BCUT2D eigenvalue weighted by molar-refractivity contribution is -0.148. The third-order valence-corrected chi connectivity index (χ3v) is 3.85. The summed E-state index contributed by atoms with van der Waals surface area (Å²) in [5.41, 5.74) is 0. The van der Waals surface area contributed by atoms with Crippen LogP contribution in [0.1, 0.15) is 11.3 Å². The number of carboxylic acids is 1. The van der Waals surface area contributed by atoms with Gasteiger partial charge in [0.1, 0.15) is 6.61 Å². The molecule has 1 aromatic rings. The molecular weight excluding hydrogens is 282 g/mol. The Hall–Kier alpha value is -1.44. The summed E-state index contributed by atoms with van der Waals surface area (Å²) in [7, 11) is 0. The highest BCUT2D eigenvalue weighted by atomic mass is 32.1. The fraction of sp³-hybridized carbons (Fsp3) is 0.538. The number of carboxylic acid groups (broad SMARTS) is 1. The Kier molecular flexibility index (Phi) is 5.51. The van der Waals surface area contributed by atoms with Gasteiger partial charge in [-0.1, -0.05) is 6.07 Å². The first kappa shape index (κ1) is 15.0. The molecule has 0 bridgehead atoms. The fourth-order valence-electron chi connectivity index (χ4n) is 2.06. The maximum absolute atomic E-state index is 11.9. The van der Waals surface area contributed by atoms with Gasteiger partial charge in [0.05, 0.1) is 25.2 Å². The van der Waals surface area contributed by atoms with Crippen molar-refractivity contribution < 1.29 is 24.2 Å². The highest BCUT2D eigenvalue weighted by Crippen LogP contribution is 2.13. The molecule has 1 aliphatic heterocycles. The summed E-state index contributed by atoms with van der Waals surface area (Å²) < 4.78 is 10.6. The monoisotopic (exact) mass is 299 g/mol. The van der Waals surface area contributed by atoms with Gasteiger partial charge in [-0.2, -0.15) is 0 Å². The second-order valence-corrected chi connectivity index (χ2v) is 5.57. The van der Waals surface area contributed by atoms with Crippen LogP contribution in [-0.4, -0.2) is 48.9 Å². The van der Waals surface area contributed by atoms with Crippen LogP contribution in [0.15, 0.2) is 17.5 Å². The Bertz CT molecular complexity index is 448. The van der Waals surface area contributed by atoms with Gasteiger partial charge in [-0.15, -0.1) is 11.3 Å². The first-order chi connectivity index (χ1) is 9.65. The van der Waals surface area contributed by atoms with E-state index in [2.05, 4.69) is 5.32 Å². The molecule has 0 aromatic carbocycles. The molecule has 1 amide bonds. The van der Waals surface area contributed by atoms with Crippen molar-refractivity contribution in [1.29, 1.82) is 0 Å². The molecular formula is C13H17NO5S. The molecule has 2 N–H and O–H groups in total. The van der Waals surface area contributed by atoms with Gasteiger partial charge < -0.3 is 19.9 Å². The Labute approximate surface area is 120 Å². The standard InChI is InChI=1S/C13H17NO5S/c15-12(6-9-2-1-5-20-9)14-10-7-18-4-3-11(10)19-8-13(16)17/h1-2,5,10-11H,3-4,6-8H2,(H,14,15)(H,16,17)/t10-,11+/m1/s1. The lowest BCUT2D eigenvalue weighted by Gasteiger charge is -2.31. The summed E-state index contributed by atoms with van der Waals surface area (Å²) in [6, 6.07) is 3.51. The normalized spacial score (nSPS) is 22.4. The molecule has 110 valence electrons. The minimum Gasteiger partial charge on any atom is -0.480 e. The molecule has 2 heterocycles. The average Bonchev–Trinajstić information content (AvgIpc) is 2.90. The van der Waals surface area contributed by atoms with Crippen LogP contribution in [0.25, 0.3) is 0 Å². The maximum atomic E-state index is 11.9. The number of hydrogen-bond donors (Lipinski definition) is 2. The van der Waals surface area contributed by atoms with Crippen molar-refractivity contribution in [1.82, 2.24) is 5.32 Å². The van der Waals surface area contributed by atoms with Crippen LogP contribution in [0.2, 0.25) is 0 Å². The van der Waals surface area contributed by atoms with Crippen LogP contribution in [-0.2, 0) is 25.5 Å². The van der Waals surface area contributed by atoms with Crippen LogP contribution >= 0.6 is 11.3 Å². The molecule has 1 aromatic heterocycles. The van der Waals surface area contributed by atoms with Gasteiger partial charge >= 0.3 is 5.97 Å². The van der Waals surface area contributed by atoms with Gasteiger partial charge in [-0.3, -0.25) is 4.79 Å². The summed E-state index contributed by atoms with van der Waals surface area (Å²) in [5.74, 6) is -1.12. The zero-order chi connectivity index (χ0) is 14.4. The summed E-state index contributed by atoms with van der Waals surface area (Å²) in [6.07, 6.45) is 0.587. The molecule has 0 radical (unpaired) electrons. The van der Waals surface area contributed by atoms with Crippen LogP contribution in [0, 0.1) is 0 Å². The third-order valence-electron chi connectivity index (χ3n) is 2.98. The zero-order valence-corrected chi connectivity index (χ0v) is 11.7. The van der Waals surface area contributed by atoms with E-state index in [1.807, 2.05) is 17.5 Å². The van der Waals surface area contributed by atoms with Crippen LogP contribution in [0.4, 0.5) is 0 Å². The van der Waals surface area contributed by atoms with E-state index in [-0.39, 0.29) is 24.7 Å². The van der Waals surface area contributed by atoms with E-state index in [0.29, 0.717) is 26.1 Å². The highest BCUT2D eigenvalue weighted by molar-refractivity contribution is 7.10. The number of aliphatic carboxylic acids is 1. The summed E-state index contributed by atoms with van der Waals surface area (Å²) in [4.78, 5) is 23.5. The molecule has 20 heavy (non-hydrogen) atoms. The first-order valence-electron chi connectivity index (χ1n) is 6.38. The average molecular weight is 299 g/mol. The van der Waals surface area contributed by atoms with E-state index in [9.17, 15) is 9.59 Å². The maximum Gasteiger partial charge on any atom is 0.329 e.